The van der Waals surface area contributed by atoms with Crippen LogP contribution in [0.5, 0.6) is 0 Å². The van der Waals surface area contributed by atoms with E-state index in [9.17, 15) is 9.50 Å². The third-order valence-electron chi connectivity index (χ3n) is 7.92. The van der Waals surface area contributed by atoms with Crippen molar-refractivity contribution in [2.24, 2.45) is 13.0 Å². The molecule has 4 heterocycles. The summed E-state index contributed by atoms with van der Waals surface area (Å²) in [5.41, 5.74) is 6.51. The second-order valence-electron chi connectivity index (χ2n) is 11.0. The molecule has 1 saturated heterocycles. The van der Waals surface area contributed by atoms with Crippen LogP contribution >= 0.6 is 0 Å². The molecule has 1 unspecified atom stereocenters. The Morgan fingerprint density at radius 2 is 1.84 bits per heavy atom. The normalized spacial score (nSPS) is 15.9. The summed E-state index contributed by atoms with van der Waals surface area (Å²) in [4.78, 5) is 9.46. The molecule has 0 bridgehead atoms. The molecular weight excluding hydrogens is 479 g/mol. The topological polar surface area (TPSA) is 65.1 Å². The highest BCUT2D eigenvalue weighted by atomic mass is 19.1. The third kappa shape index (κ3) is 4.20. The van der Waals surface area contributed by atoms with Crippen LogP contribution in [0.3, 0.4) is 0 Å². The van der Waals surface area contributed by atoms with Crippen molar-refractivity contribution in [1.29, 1.82) is 0 Å². The summed E-state index contributed by atoms with van der Waals surface area (Å²) in [5, 5.41) is 11.9. The molecular formula is C31H33FN4O2. The second kappa shape index (κ2) is 9.33. The van der Waals surface area contributed by atoms with Crippen LogP contribution in [0, 0.1) is 18.7 Å². The summed E-state index contributed by atoms with van der Waals surface area (Å²) in [6.45, 7) is 6.96. The van der Waals surface area contributed by atoms with Crippen molar-refractivity contribution in [3.63, 3.8) is 0 Å². The van der Waals surface area contributed by atoms with Crippen molar-refractivity contribution in [2.45, 2.75) is 45.3 Å². The maximum Gasteiger partial charge on any atom is 0.123 e. The van der Waals surface area contributed by atoms with Crippen molar-refractivity contribution < 1.29 is 14.2 Å². The fraction of sp³-hybridized carbons (Fsp3) is 0.355. The predicted molar refractivity (Wildman–Crippen MR) is 148 cm³/mol. The van der Waals surface area contributed by atoms with E-state index in [-0.39, 0.29) is 17.8 Å². The zero-order chi connectivity index (χ0) is 26.6. The maximum atomic E-state index is 14.6. The number of fused-ring (bicyclic) bond motifs is 3. The lowest BCUT2D eigenvalue weighted by atomic mass is 9.86. The van der Waals surface area contributed by atoms with E-state index in [0.29, 0.717) is 13.2 Å². The number of aryl methyl sites for hydroxylation is 2. The van der Waals surface area contributed by atoms with Gasteiger partial charge in [0.25, 0.3) is 0 Å². The van der Waals surface area contributed by atoms with Crippen molar-refractivity contribution in [3.8, 4) is 11.3 Å². The van der Waals surface area contributed by atoms with Gasteiger partial charge in [0.2, 0.25) is 0 Å². The minimum atomic E-state index is -1.01. The summed E-state index contributed by atoms with van der Waals surface area (Å²) in [6.07, 6.45) is 5.48. The second-order valence-corrected chi connectivity index (χ2v) is 11.0. The molecule has 0 aliphatic carbocycles. The van der Waals surface area contributed by atoms with Gasteiger partial charge in [0.15, 0.2) is 0 Å². The summed E-state index contributed by atoms with van der Waals surface area (Å²) in [5.74, 6) is -0.000862. The number of nitrogens with zero attached hydrogens (tertiary/aromatic N) is 4. The number of rotatable bonds is 5. The van der Waals surface area contributed by atoms with E-state index in [1.54, 1.807) is 26.0 Å². The highest BCUT2D eigenvalue weighted by Crippen LogP contribution is 2.42. The van der Waals surface area contributed by atoms with Crippen molar-refractivity contribution >= 4 is 21.9 Å². The van der Waals surface area contributed by atoms with Gasteiger partial charge in [-0.05, 0) is 74.9 Å². The lowest BCUT2D eigenvalue weighted by molar-refractivity contribution is 0.0552. The first-order chi connectivity index (χ1) is 18.2. The summed E-state index contributed by atoms with van der Waals surface area (Å²) in [6, 6.07) is 15.1. The molecule has 196 valence electrons. The van der Waals surface area contributed by atoms with Gasteiger partial charge in [-0.2, -0.15) is 0 Å². The van der Waals surface area contributed by atoms with Crippen LogP contribution in [0.15, 0.2) is 61.1 Å². The molecule has 6 nitrogen and oxygen atoms in total. The lowest BCUT2D eigenvalue weighted by Gasteiger charge is -2.33. The summed E-state index contributed by atoms with van der Waals surface area (Å²) < 4.78 is 24.7. The molecule has 1 fully saturated rings. The molecule has 0 amide bonds. The summed E-state index contributed by atoms with van der Waals surface area (Å²) in [7, 11) is 1.99. The maximum absolute atomic E-state index is 14.6. The molecule has 1 aliphatic rings. The molecule has 1 aliphatic heterocycles. The van der Waals surface area contributed by atoms with Gasteiger partial charge < -0.3 is 19.0 Å². The average molecular weight is 513 g/mol. The van der Waals surface area contributed by atoms with Crippen molar-refractivity contribution in [3.05, 3.63) is 83.7 Å². The molecule has 2 aromatic carbocycles. The van der Waals surface area contributed by atoms with Gasteiger partial charge in [-0.25, -0.2) is 9.37 Å². The number of pyridine rings is 1. The van der Waals surface area contributed by atoms with Crippen LogP contribution in [-0.4, -0.2) is 37.4 Å². The number of imidazole rings is 1. The average Bonchev–Trinajstić information content (AvgIpc) is 3.40. The SMILES string of the molecule is Cc1ncn(C)c1-c1cnc2c3ccc(C(C)(C)O)cc3n(C(c3cccc(F)c3)C3CCOCC3)c2c1. The monoisotopic (exact) mass is 512 g/mol. The lowest BCUT2D eigenvalue weighted by Crippen LogP contribution is -2.27. The van der Waals surface area contributed by atoms with E-state index < -0.39 is 5.60 Å². The van der Waals surface area contributed by atoms with Crippen LogP contribution in [0.4, 0.5) is 4.39 Å². The van der Waals surface area contributed by atoms with Gasteiger partial charge in [-0.1, -0.05) is 24.3 Å². The van der Waals surface area contributed by atoms with Crippen LogP contribution in [0.25, 0.3) is 33.2 Å². The van der Waals surface area contributed by atoms with E-state index >= 15 is 0 Å². The van der Waals surface area contributed by atoms with Crippen LogP contribution in [0.1, 0.15) is 49.6 Å². The van der Waals surface area contributed by atoms with Gasteiger partial charge in [0.1, 0.15) is 5.82 Å². The largest absolute Gasteiger partial charge is 0.386 e. The first-order valence-electron chi connectivity index (χ1n) is 13.2. The number of benzene rings is 2. The Morgan fingerprint density at radius 1 is 1.05 bits per heavy atom. The molecule has 7 heteroatoms. The first-order valence-corrected chi connectivity index (χ1v) is 13.2. The zero-order valence-electron chi connectivity index (χ0n) is 22.3. The highest BCUT2D eigenvalue weighted by Gasteiger charge is 2.31. The van der Waals surface area contributed by atoms with E-state index in [4.69, 9.17) is 9.72 Å². The summed E-state index contributed by atoms with van der Waals surface area (Å²) >= 11 is 0. The standard InChI is InChI=1S/C31H33FN4O2/c1-19-29(35(4)18-34-19)22-15-27-28(33-17-22)25-9-8-23(31(2,3)37)16-26(25)36(27)30(20-10-12-38-13-11-20)21-6-5-7-24(32)14-21/h5-9,14-18,20,30,37H,10-13H2,1-4H3. The molecule has 38 heavy (non-hydrogen) atoms. The number of hydrogen-bond donors (Lipinski definition) is 1. The van der Waals surface area contributed by atoms with Gasteiger partial charge in [0, 0.05) is 37.4 Å². The van der Waals surface area contributed by atoms with Crippen LogP contribution in [0.2, 0.25) is 0 Å². The van der Waals surface area contributed by atoms with Crippen LogP contribution < -0.4 is 0 Å². The number of halogens is 1. The molecule has 6 rings (SSSR count). The van der Waals surface area contributed by atoms with Gasteiger partial charge in [-0.15, -0.1) is 0 Å². The molecule has 0 spiro atoms. The smallest absolute Gasteiger partial charge is 0.123 e. The molecule has 1 N–H and O–H groups in total. The Hall–Kier alpha value is -3.55. The van der Waals surface area contributed by atoms with Gasteiger partial charge >= 0.3 is 0 Å². The molecule has 0 saturated carbocycles. The minimum Gasteiger partial charge on any atom is -0.386 e. The fourth-order valence-electron chi connectivity index (χ4n) is 6.03. The highest BCUT2D eigenvalue weighted by molar-refractivity contribution is 6.07. The predicted octanol–water partition coefficient (Wildman–Crippen LogP) is 6.28. The Morgan fingerprint density at radius 3 is 2.53 bits per heavy atom. The van der Waals surface area contributed by atoms with Crippen molar-refractivity contribution in [1.82, 2.24) is 19.1 Å². The minimum absolute atomic E-state index is 0.128. The van der Waals surface area contributed by atoms with E-state index in [1.807, 2.05) is 43.2 Å². The molecule has 3 aromatic heterocycles. The third-order valence-corrected chi connectivity index (χ3v) is 7.92. The van der Waals surface area contributed by atoms with E-state index in [1.165, 1.54) is 6.07 Å². The molecule has 5 aromatic rings. The molecule has 0 radical (unpaired) electrons. The fourth-order valence-corrected chi connectivity index (χ4v) is 6.03. The Labute approximate surface area is 221 Å². The zero-order valence-corrected chi connectivity index (χ0v) is 22.3. The Bertz CT molecular complexity index is 1620. The van der Waals surface area contributed by atoms with Crippen molar-refractivity contribution in [2.75, 3.05) is 13.2 Å². The quantitative estimate of drug-likeness (QED) is 0.301. The number of ether oxygens (including phenoxy) is 1. The number of aromatic nitrogens is 4. The van der Waals surface area contributed by atoms with Gasteiger partial charge in [0.05, 0.1) is 45.9 Å². The Balaban J connectivity index is 1.70. The van der Waals surface area contributed by atoms with Gasteiger partial charge in [-0.3, -0.25) is 4.98 Å². The van der Waals surface area contributed by atoms with E-state index in [0.717, 1.165) is 62.9 Å². The number of hydrogen-bond acceptors (Lipinski definition) is 4. The Kier molecular flexibility index (Phi) is 6.08. The number of aliphatic hydroxyl groups is 1. The molecule has 1 atom stereocenters. The van der Waals surface area contributed by atoms with Crippen LogP contribution in [-0.2, 0) is 17.4 Å². The van der Waals surface area contributed by atoms with E-state index in [2.05, 4.69) is 27.8 Å². The first kappa shape index (κ1) is 24.8.